The highest BCUT2D eigenvalue weighted by molar-refractivity contribution is 5.95. The van der Waals surface area contributed by atoms with Gasteiger partial charge in [-0.25, -0.2) is 4.79 Å². The molecule has 1 aromatic heterocycles. The summed E-state index contributed by atoms with van der Waals surface area (Å²) in [7, 11) is 0. The summed E-state index contributed by atoms with van der Waals surface area (Å²) in [5, 5.41) is 20.9. The van der Waals surface area contributed by atoms with Gasteiger partial charge in [0.1, 0.15) is 5.75 Å². The maximum Gasteiger partial charge on any atom is 0.345 e. The van der Waals surface area contributed by atoms with Crippen molar-refractivity contribution in [3.05, 3.63) is 70.1 Å². The highest BCUT2D eigenvalue weighted by atomic mass is 16.3. The molecule has 0 fully saturated rings. The van der Waals surface area contributed by atoms with E-state index < -0.39 is 5.69 Å². The zero-order chi connectivity index (χ0) is 20.1. The van der Waals surface area contributed by atoms with Crippen molar-refractivity contribution >= 4 is 5.91 Å². The molecular weight excluding hydrogens is 356 g/mol. The number of phenols is 1. The fourth-order valence-corrected chi connectivity index (χ4v) is 2.74. The molecule has 0 aliphatic rings. The lowest BCUT2D eigenvalue weighted by molar-refractivity contribution is 0.0954. The van der Waals surface area contributed by atoms with Crippen molar-refractivity contribution in [1.82, 2.24) is 15.3 Å². The maximum atomic E-state index is 12.2. The van der Waals surface area contributed by atoms with E-state index >= 15 is 0 Å². The standard InChI is InChI=1S/C21H18N4O3/c1-13-10-15(6-7-19(13)26)18-12-17(24-21(28)25-18)14-4-2-5-16(11-14)20(27)23-9-3-8-22/h2,4-7,10-12,26H,3,9H2,1H3,(H,23,27)(H,24,25,28). The predicted octanol–water partition coefficient (Wildman–Crippen LogP) is 2.76. The third-order valence-corrected chi connectivity index (χ3v) is 4.20. The average Bonchev–Trinajstić information content (AvgIpc) is 2.70. The van der Waals surface area contributed by atoms with Crippen LogP contribution in [0.25, 0.3) is 22.5 Å². The Kier molecular flexibility index (Phi) is 5.51. The Balaban J connectivity index is 1.96. The molecule has 0 radical (unpaired) electrons. The number of nitrogens with one attached hydrogen (secondary N) is 2. The number of carbonyl (C=O) groups excluding carboxylic acids is 1. The van der Waals surface area contributed by atoms with E-state index in [1.54, 1.807) is 55.5 Å². The highest BCUT2D eigenvalue weighted by Gasteiger charge is 2.10. The van der Waals surface area contributed by atoms with Crippen LogP contribution in [0.4, 0.5) is 0 Å². The molecular formula is C21H18N4O3. The van der Waals surface area contributed by atoms with Crippen molar-refractivity contribution < 1.29 is 9.90 Å². The molecule has 7 heteroatoms. The fraction of sp³-hybridized carbons (Fsp3) is 0.143. The first-order valence-electron chi connectivity index (χ1n) is 8.65. The second-order valence-electron chi connectivity index (χ2n) is 6.23. The van der Waals surface area contributed by atoms with Gasteiger partial charge in [0.05, 0.1) is 23.9 Å². The molecule has 2 aromatic carbocycles. The topological polar surface area (TPSA) is 119 Å². The number of aromatic amines is 1. The molecule has 0 saturated carbocycles. The summed E-state index contributed by atoms with van der Waals surface area (Å²) in [6.45, 7) is 2.04. The molecule has 28 heavy (non-hydrogen) atoms. The molecule has 1 amide bonds. The molecule has 0 saturated heterocycles. The van der Waals surface area contributed by atoms with E-state index in [1.807, 2.05) is 6.07 Å². The van der Waals surface area contributed by atoms with Crippen LogP contribution in [-0.4, -0.2) is 27.5 Å². The first-order chi connectivity index (χ1) is 13.5. The van der Waals surface area contributed by atoms with Crippen LogP contribution in [0.1, 0.15) is 22.3 Å². The Bertz CT molecular complexity index is 1130. The van der Waals surface area contributed by atoms with Gasteiger partial charge < -0.3 is 15.4 Å². The Morgan fingerprint density at radius 2 is 2.04 bits per heavy atom. The minimum absolute atomic E-state index is 0.176. The zero-order valence-electron chi connectivity index (χ0n) is 15.2. The molecule has 7 nitrogen and oxygen atoms in total. The Hall–Kier alpha value is -3.92. The second-order valence-corrected chi connectivity index (χ2v) is 6.23. The number of nitrogens with zero attached hydrogens (tertiary/aromatic N) is 2. The van der Waals surface area contributed by atoms with Gasteiger partial charge in [0, 0.05) is 17.7 Å². The number of aromatic nitrogens is 2. The smallest absolute Gasteiger partial charge is 0.345 e. The SMILES string of the molecule is Cc1cc(-c2cc(-c3cccc(C(=O)NCCC#N)c3)nc(=O)[nH]2)ccc1O. The molecule has 0 atom stereocenters. The number of hydrogen-bond acceptors (Lipinski definition) is 5. The van der Waals surface area contributed by atoms with Gasteiger partial charge in [-0.2, -0.15) is 10.2 Å². The number of nitriles is 1. The largest absolute Gasteiger partial charge is 0.508 e. The second kappa shape index (κ2) is 8.18. The summed E-state index contributed by atoms with van der Waals surface area (Å²) in [6, 6.07) is 15.5. The lowest BCUT2D eigenvalue weighted by Gasteiger charge is -2.08. The summed E-state index contributed by atoms with van der Waals surface area (Å²) < 4.78 is 0. The Labute approximate surface area is 161 Å². The number of phenolic OH excluding ortho intramolecular Hbond substituents is 1. The van der Waals surface area contributed by atoms with Crippen molar-refractivity contribution in [2.75, 3.05) is 6.54 Å². The molecule has 0 aliphatic carbocycles. The van der Waals surface area contributed by atoms with Crippen molar-refractivity contribution in [1.29, 1.82) is 5.26 Å². The average molecular weight is 374 g/mol. The van der Waals surface area contributed by atoms with Gasteiger partial charge >= 0.3 is 5.69 Å². The van der Waals surface area contributed by atoms with E-state index in [0.29, 0.717) is 28.1 Å². The van der Waals surface area contributed by atoms with Crippen molar-refractivity contribution in [3.63, 3.8) is 0 Å². The molecule has 3 N–H and O–H groups in total. The minimum Gasteiger partial charge on any atom is -0.508 e. The summed E-state index contributed by atoms with van der Waals surface area (Å²) in [6.07, 6.45) is 0.233. The van der Waals surface area contributed by atoms with Crippen molar-refractivity contribution in [2.24, 2.45) is 0 Å². The number of aryl methyl sites for hydroxylation is 1. The third kappa shape index (κ3) is 4.24. The predicted molar refractivity (Wildman–Crippen MR) is 105 cm³/mol. The molecule has 0 spiro atoms. The van der Waals surface area contributed by atoms with E-state index in [4.69, 9.17) is 5.26 Å². The molecule has 3 rings (SSSR count). The monoisotopic (exact) mass is 374 g/mol. The Morgan fingerprint density at radius 3 is 2.79 bits per heavy atom. The van der Waals surface area contributed by atoms with Gasteiger partial charge in [0.2, 0.25) is 0 Å². The zero-order valence-corrected chi connectivity index (χ0v) is 15.2. The number of hydrogen-bond donors (Lipinski definition) is 3. The van der Waals surface area contributed by atoms with Crippen LogP contribution >= 0.6 is 0 Å². The first kappa shape index (κ1) is 18.9. The van der Waals surface area contributed by atoms with Gasteiger partial charge in [0.25, 0.3) is 5.91 Å². The number of aromatic hydroxyl groups is 1. The minimum atomic E-state index is -0.512. The number of carbonyl (C=O) groups is 1. The molecule has 0 unspecified atom stereocenters. The van der Waals surface area contributed by atoms with Crippen LogP contribution in [0.5, 0.6) is 5.75 Å². The summed E-state index contributed by atoms with van der Waals surface area (Å²) >= 11 is 0. The summed E-state index contributed by atoms with van der Waals surface area (Å²) in [5.74, 6) is -0.119. The molecule has 1 heterocycles. The quantitative estimate of drug-likeness (QED) is 0.593. The Morgan fingerprint density at radius 1 is 1.21 bits per heavy atom. The van der Waals surface area contributed by atoms with Crippen LogP contribution in [0, 0.1) is 18.3 Å². The van der Waals surface area contributed by atoms with E-state index in [-0.39, 0.29) is 24.6 Å². The van der Waals surface area contributed by atoms with E-state index in [9.17, 15) is 14.7 Å². The third-order valence-electron chi connectivity index (χ3n) is 4.20. The van der Waals surface area contributed by atoms with Crippen LogP contribution in [0.15, 0.2) is 53.3 Å². The van der Waals surface area contributed by atoms with E-state index in [0.717, 1.165) is 5.56 Å². The van der Waals surface area contributed by atoms with Crippen molar-refractivity contribution in [3.8, 4) is 34.3 Å². The van der Waals surface area contributed by atoms with Crippen LogP contribution in [-0.2, 0) is 0 Å². The van der Waals surface area contributed by atoms with E-state index in [1.165, 1.54) is 0 Å². The number of rotatable bonds is 5. The number of benzene rings is 2. The van der Waals surface area contributed by atoms with Crippen LogP contribution in [0.2, 0.25) is 0 Å². The van der Waals surface area contributed by atoms with Gasteiger partial charge in [-0.05, 0) is 54.4 Å². The molecule has 0 aliphatic heterocycles. The number of amides is 1. The normalized spacial score (nSPS) is 10.3. The fourth-order valence-electron chi connectivity index (χ4n) is 2.74. The lowest BCUT2D eigenvalue weighted by atomic mass is 10.0. The summed E-state index contributed by atoms with van der Waals surface area (Å²) in [4.78, 5) is 31.0. The number of H-pyrrole nitrogens is 1. The van der Waals surface area contributed by atoms with Crippen LogP contribution < -0.4 is 11.0 Å². The first-order valence-corrected chi connectivity index (χ1v) is 8.65. The summed E-state index contributed by atoms with van der Waals surface area (Å²) in [5.41, 5.74) is 2.93. The molecule has 3 aromatic rings. The van der Waals surface area contributed by atoms with Gasteiger partial charge in [-0.15, -0.1) is 0 Å². The van der Waals surface area contributed by atoms with E-state index in [2.05, 4.69) is 15.3 Å². The molecule has 140 valence electrons. The van der Waals surface area contributed by atoms with Crippen molar-refractivity contribution in [2.45, 2.75) is 13.3 Å². The molecule has 0 bridgehead atoms. The lowest BCUT2D eigenvalue weighted by Crippen LogP contribution is -2.24. The van der Waals surface area contributed by atoms with Gasteiger partial charge in [-0.3, -0.25) is 4.79 Å². The van der Waals surface area contributed by atoms with Gasteiger partial charge in [0.15, 0.2) is 0 Å². The van der Waals surface area contributed by atoms with Crippen LogP contribution in [0.3, 0.4) is 0 Å². The maximum absolute atomic E-state index is 12.2. The van der Waals surface area contributed by atoms with Gasteiger partial charge in [-0.1, -0.05) is 12.1 Å². The highest BCUT2D eigenvalue weighted by Crippen LogP contribution is 2.26.